The van der Waals surface area contributed by atoms with E-state index in [4.69, 9.17) is 11.6 Å². The first kappa shape index (κ1) is 14.8. The van der Waals surface area contributed by atoms with Crippen LogP contribution in [0.25, 0.3) is 0 Å². The highest BCUT2D eigenvalue weighted by Gasteiger charge is 2.25. The summed E-state index contributed by atoms with van der Waals surface area (Å²) >= 11 is 6.02. The van der Waals surface area contributed by atoms with Crippen LogP contribution in [0, 0.1) is 0 Å². The predicted molar refractivity (Wildman–Crippen MR) is 76.2 cm³/mol. The van der Waals surface area contributed by atoms with Crippen LogP contribution in [0.5, 0.6) is 0 Å². The van der Waals surface area contributed by atoms with Crippen molar-refractivity contribution in [2.45, 2.75) is 25.4 Å². The van der Waals surface area contributed by atoms with Gasteiger partial charge in [-0.3, -0.25) is 4.90 Å². The van der Waals surface area contributed by atoms with E-state index in [9.17, 15) is 0 Å². The standard InChI is InChI=1S/C13H19ClN2.ClH/c1-10(11-4-3-5-12(14)8-11)16-7-6-13(9-16)15-2;/h3-5,8,10,13,15H,6-7,9H2,1-2H3;1H. The van der Waals surface area contributed by atoms with Crippen LogP contribution in [0.15, 0.2) is 24.3 Å². The Morgan fingerprint density at radius 3 is 2.82 bits per heavy atom. The van der Waals surface area contributed by atoms with Crippen molar-refractivity contribution in [2.24, 2.45) is 0 Å². The molecule has 0 saturated carbocycles. The predicted octanol–water partition coefficient (Wildman–Crippen LogP) is 3.12. The summed E-state index contributed by atoms with van der Waals surface area (Å²) in [5.41, 5.74) is 1.31. The molecular formula is C13H20Cl2N2. The van der Waals surface area contributed by atoms with Crippen LogP contribution in [-0.4, -0.2) is 31.1 Å². The molecule has 0 aromatic heterocycles. The van der Waals surface area contributed by atoms with Crippen LogP contribution < -0.4 is 5.32 Å². The summed E-state index contributed by atoms with van der Waals surface area (Å²) in [6, 6.07) is 9.28. The minimum absolute atomic E-state index is 0. The second-order valence-electron chi connectivity index (χ2n) is 4.50. The third-order valence-corrected chi connectivity index (χ3v) is 3.74. The fourth-order valence-electron chi connectivity index (χ4n) is 2.35. The van der Waals surface area contributed by atoms with Gasteiger partial charge in [-0.05, 0) is 38.1 Å². The average Bonchev–Trinajstić information content (AvgIpc) is 2.76. The summed E-state index contributed by atoms with van der Waals surface area (Å²) in [5, 5.41) is 4.17. The minimum Gasteiger partial charge on any atom is -0.316 e. The number of nitrogens with zero attached hydrogens (tertiary/aromatic N) is 1. The zero-order chi connectivity index (χ0) is 11.5. The maximum atomic E-state index is 6.02. The number of benzene rings is 1. The van der Waals surface area contributed by atoms with Gasteiger partial charge in [0.1, 0.15) is 0 Å². The molecule has 1 aromatic carbocycles. The second kappa shape index (κ2) is 6.60. The van der Waals surface area contributed by atoms with Crippen molar-refractivity contribution in [1.82, 2.24) is 10.2 Å². The van der Waals surface area contributed by atoms with Gasteiger partial charge >= 0.3 is 0 Å². The number of halogens is 2. The van der Waals surface area contributed by atoms with E-state index in [-0.39, 0.29) is 12.4 Å². The van der Waals surface area contributed by atoms with E-state index >= 15 is 0 Å². The quantitative estimate of drug-likeness (QED) is 0.911. The van der Waals surface area contributed by atoms with Gasteiger partial charge in [0, 0.05) is 30.2 Å². The van der Waals surface area contributed by atoms with E-state index in [1.165, 1.54) is 18.5 Å². The molecule has 1 N–H and O–H groups in total. The van der Waals surface area contributed by atoms with E-state index in [1.807, 2.05) is 19.2 Å². The largest absolute Gasteiger partial charge is 0.316 e. The van der Waals surface area contributed by atoms with Crippen LogP contribution in [0.3, 0.4) is 0 Å². The Balaban J connectivity index is 0.00000144. The van der Waals surface area contributed by atoms with Crippen molar-refractivity contribution < 1.29 is 0 Å². The summed E-state index contributed by atoms with van der Waals surface area (Å²) in [7, 11) is 2.04. The Labute approximate surface area is 115 Å². The SMILES string of the molecule is CNC1CCN(C(C)c2cccc(Cl)c2)C1.Cl. The lowest BCUT2D eigenvalue weighted by molar-refractivity contribution is 0.257. The summed E-state index contributed by atoms with van der Waals surface area (Å²) in [6.07, 6.45) is 1.24. The fraction of sp³-hybridized carbons (Fsp3) is 0.538. The first-order chi connectivity index (χ1) is 7.70. The van der Waals surface area contributed by atoms with Crippen LogP contribution in [0.2, 0.25) is 5.02 Å². The lowest BCUT2D eigenvalue weighted by Crippen LogP contribution is -2.31. The molecule has 0 radical (unpaired) electrons. The molecule has 2 unspecified atom stereocenters. The van der Waals surface area contributed by atoms with Gasteiger partial charge in [0.05, 0.1) is 0 Å². The Morgan fingerprint density at radius 2 is 2.24 bits per heavy atom. The molecule has 1 aliphatic heterocycles. The third kappa shape index (κ3) is 3.59. The Kier molecular flexibility index (Phi) is 5.74. The Morgan fingerprint density at radius 1 is 1.47 bits per heavy atom. The number of likely N-dealkylation sites (N-methyl/N-ethyl adjacent to an activating group) is 1. The molecule has 4 heteroatoms. The van der Waals surface area contributed by atoms with E-state index in [0.29, 0.717) is 12.1 Å². The van der Waals surface area contributed by atoms with Gasteiger partial charge in [0.15, 0.2) is 0 Å². The topological polar surface area (TPSA) is 15.3 Å². The maximum Gasteiger partial charge on any atom is 0.0409 e. The zero-order valence-electron chi connectivity index (χ0n) is 10.3. The van der Waals surface area contributed by atoms with Gasteiger partial charge in [0.25, 0.3) is 0 Å². The molecule has 17 heavy (non-hydrogen) atoms. The molecule has 0 bridgehead atoms. The average molecular weight is 275 g/mol. The number of hydrogen-bond acceptors (Lipinski definition) is 2. The smallest absolute Gasteiger partial charge is 0.0409 e. The Bertz CT molecular complexity index is 357. The van der Waals surface area contributed by atoms with E-state index < -0.39 is 0 Å². The van der Waals surface area contributed by atoms with Crippen molar-refractivity contribution in [1.29, 1.82) is 0 Å². The second-order valence-corrected chi connectivity index (χ2v) is 4.94. The maximum absolute atomic E-state index is 6.02. The van der Waals surface area contributed by atoms with Crippen molar-refractivity contribution in [3.05, 3.63) is 34.9 Å². The normalized spacial score (nSPS) is 22.2. The monoisotopic (exact) mass is 274 g/mol. The van der Waals surface area contributed by atoms with Crippen molar-refractivity contribution in [2.75, 3.05) is 20.1 Å². The van der Waals surface area contributed by atoms with Crippen LogP contribution in [0.1, 0.15) is 24.9 Å². The molecule has 1 saturated heterocycles. The van der Waals surface area contributed by atoms with E-state index in [0.717, 1.165) is 11.6 Å². The van der Waals surface area contributed by atoms with Gasteiger partial charge in [-0.1, -0.05) is 23.7 Å². The highest BCUT2D eigenvalue weighted by atomic mass is 35.5. The molecule has 0 amide bonds. The van der Waals surface area contributed by atoms with Crippen LogP contribution >= 0.6 is 24.0 Å². The number of hydrogen-bond donors (Lipinski definition) is 1. The molecule has 2 atom stereocenters. The van der Waals surface area contributed by atoms with Crippen LogP contribution in [0.4, 0.5) is 0 Å². The number of likely N-dealkylation sites (tertiary alicyclic amines) is 1. The van der Waals surface area contributed by atoms with Crippen molar-refractivity contribution in [3.8, 4) is 0 Å². The van der Waals surface area contributed by atoms with Gasteiger partial charge in [-0.15, -0.1) is 12.4 Å². The van der Waals surface area contributed by atoms with E-state index in [1.54, 1.807) is 0 Å². The van der Waals surface area contributed by atoms with Gasteiger partial charge in [0.2, 0.25) is 0 Å². The molecule has 96 valence electrons. The minimum atomic E-state index is 0. The number of rotatable bonds is 3. The summed E-state index contributed by atoms with van der Waals surface area (Å²) < 4.78 is 0. The third-order valence-electron chi connectivity index (χ3n) is 3.51. The first-order valence-corrected chi connectivity index (χ1v) is 6.25. The van der Waals surface area contributed by atoms with Gasteiger partial charge in [-0.2, -0.15) is 0 Å². The lowest BCUT2D eigenvalue weighted by atomic mass is 10.1. The molecule has 1 aromatic rings. The number of nitrogens with one attached hydrogen (secondary N) is 1. The molecule has 0 spiro atoms. The first-order valence-electron chi connectivity index (χ1n) is 5.87. The molecule has 1 aliphatic rings. The molecular weight excluding hydrogens is 255 g/mol. The molecule has 1 fully saturated rings. The Hall–Kier alpha value is -0.280. The molecule has 1 heterocycles. The molecule has 0 aliphatic carbocycles. The van der Waals surface area contributed by atoms with Gasteiger partial charge in [-0.25, -0.2) is 0 Å². The van der Waals surface area contributed by atoms with Gasteiger partial charge < -0.3 is 5.32 Å². The van der Waals surface area contributed by atoms with E-state index in [2.05, 4.69) is 29.3 Å². The van der Waals surface area contributed by atoms with Crippen molar-refractivity contribution >= 4 is 24.0 Å². The lowest BCUT2D eigenvalue weighted by Gasteiger charge is -2.24. The zero-order valence-corrected chi connectivity index (χ0v) is 11.9. The summed E-state index contributed by atoms with van der Waals surface area (Å²) in [4.78, 5) is 2.51. The highest BCUT2D eigenvalue weighted by Crippen LogP contribution is 2.26. The van der Waals surface area contributed by atoms with Crippen molar-refractivity contribution in [3.63, 3.8) is 0 Å². The highest BCUT2D eigenvalue weighted by molar-refractivity contribution is 6.30. The molecule has 2 nitrogen and oxygen atoms in total. The summed E-state index contributed by atoms with van der Waals surface area (Å²) in [6.45, 7) is 4.55. The van der Waals surface area contributed by atoms with Crippen LogP contribution in [-0.2, 0) is 0 Å². The fourth-order valence-corrected chi connectivity index (χ4v) is 2.55. The summed E-state index contributed by atoms with van der Waals surface area (Å²) in [5.74, 6) is 0. The molecule has 2 rings (SSSR count).